The van der Waals surface area contributed by atoms with Crippen molar-refractivity contribution in [3.05, 3.63) is 42.0 Å². The van der Waals surface area contributed by atoms with Crippen LogP contribution in [-0.2, 0) is 22.0 Å². The van der Waals surface area contributed by atoms with Crippen molar-refractivity contribution >= 4 is 27.0 Å². The summed E-state index contributed by atoms with van der Waals surface area (Å²) in [5.41, 5.74) is 1.14. The van der Waals surface area contributed by atoms with Crippen LogP contribution in [0, 0.1) is 5.92 Å². The Hall–Kier alpha value is -2.82. The molecule has 2 saturated carbocycles. The Morgan fingerprint density at radius 2 is 1.86 bits per heavy atom. The topological polar surface area (TPSA) is 98.9 Å². The van der Waals surface area contributed by atoms with Crippen LogP contribution in [-0.4, -0.2) is 45.0 Å². The lowest BCUT2D eigenvalue weighted by molar-refractivity contribution is -0.0473. The van der Waals surface area contributed by atoms with Crippen LogP contribution in [0.5, 0.6) is 0 Å². The molecule has 0 aliphatic heterocycles. The quantitative estimate of drug-likeness (QED) is 0.487. The van der Waals surface area contributed by atoms with Crippen molar-refractivity contribution in [2.24, 2.45) is 5.92 Å². The number of imidazole rings is 1. The number of aromatic nitrogens is 4. The fourth-order valence-corrected chi connectivity index (χ4v) is 6.19. The Kier molecular flexibility index (Phi) is 6.40. The average Bonchev–Trinajstić information content (AvgIpc) is 3.43. The minimum atomic E-state index is -4.05. The summed E-state index contributed by atoms with van der Waals surface area (Å²) in [7, 11) is -4.05. The number of hydrogen-bond donors (Lipinski definition) is 1. The predicted molar refractivity (Wildman–Crippen MR) is 135 cm³/mol. The van der Waals surface area contributed by atoms with Crippen LogP contribution in [0.15, 0.2) is 35.5 Å². The second kappa shape index (κ2) is 9.18. The molecule has 11 heteroatoms. The zero-order chi connectivity index (χ0) is 26.6. The van der Waals surface area contributed by atoms with Gasteiger partial charge in [0.1, 0.15) is 5.82 Å². The largest absolute Gasteiger partial charge is 0.349 e. The van der Waals surface area contributed by atoms with Crippen LogP contribution >= 0.6 is 0 Å². The van der Waals surface area contributed by atoms with E-state index < -0.39 is 15.9 Å². The van der Waals surface area contributed by atoms with Gasteiger partial charge < -0.3 is 9.88 Å². The van der Waals surface area contributed by atoms with Gasteiger partial charge >= 0.3 is 0 Å². The smallest absolute Gasteiger partial charge is 0.283 e. The minimum Gasteiger partial charge on any atom is -0.349 e. The second-order valence-electron chi connectivity index (χ2n) is 11.5. The van der Waals surface area contributed by atoms with Crippen molar-refractivity contribution in [3.8, 4) is 0 Å². The van der Waals surface area contributed by atoms with Crippen molar-refractivity contribution < 1.29 is 22.0 Å². The number of amides is 1. The van der Waals surface area contributed by atoms with Crippen LogP contribution in [0.1, 0.15) is 81.9 Å². The number of nitrogens with zero attached hydrogens (tertiary/aromatic N) is 4. The number of alkyl halides is 2. The number of nitrogens with one attached hydrogen (secondary N) is 1. The van der Waals surface area contributed by atoms with E-state index in [2.05, 4.69) is 15.0 Å². The Morgan fingerprint density at radius 3 is 2.49 bits per heavy atom. The number of fused-ring (bicyclic) bond motifs is 1. The summed E-state index contributed by atoms with van der Waals surface area (Å²) in [5, 5.41) is 6.83. The van der Waals surface area contributed by atoms with Gasteiger partial charge in [-0.25, -0.2) is 13.8 Å². The number of carbonyl (C=O) groups excluding carboxylic acids is 1. The van der Waals surface area contributed by atoms with E-state index in [0.717, 1.165) is 34.7 Å². The van der Waals surface area contributed by atoms with Gasteiger partial charge in [-0.2, -0.15) is 17.6 Å². The third-order valence-electron chi connectivity index (χ3n) is 7.47. The molecule has 3 aromatic rings. The molecule has 2 aliphatic rings. The maximum Gasteiger partial charge on any atom is 0.283 e. The van der Waals surface area contributed by atoms with E-state index in [-0.39, 0.29) is 46.6 Å². The Balaban J connectivity index is 1.44. The van der Waals surface area contributed by atoms with Gasteiger partial charge in [0.25, 0.3) is 15.9 Å². The van der Waals surface area contributed by atoms with Gasteiger partial charge in [0, 0.05) is 30.8 Å². The highest BCUT2D eigenvalue weighted by Gasteiger charge is 2.36. The summed E-state index contributed by atoms with van der Waals surface area (Å²) >= 11 is 0. The van der Waals surface area contributed by atoms with Crippen molar-refractivity contribution in [1.82, 2.24) is 24.1 Å². The molecule has 2 aromatic heterocycles. The zero-order valence-electron chi connectivity index (χ0n) is 21.4. The van der Waals surface area contributed by atoms with E-state index in [1.807, 2.05) is 20.8 Å². The maximum atomic E-state index is 13.7. The fraction of sp³-hybridized carbons (Fsp3) is 0.577. The molecule has 200 valence electrons. The summed E-state index contributed by atoms with van der Waals surface area (Å²) in [6, 6.07) is 4.87. The van der Waals surface area contributed by atoms with Gasteiger partial charge in [0.05, 0.1) is 33.9 Å². The molecule has 0 atom stereocenters. The third-order valence-corrected chi connectivity index (χ3v) is 9.02. The van der Waals surface area contributed by atoms with E-state index in [1.165, 1.54) is 24.5 Å². The van der Waals surface area contributed by atoms with E-state index in [0.29, 0.717) is 24.9 Å². The highest BCUT2D eigenvalue weighted by molar-refractivity contribution is 7.89. The van der Waals surface area contributed by atoms with Crippen LogP contribution in [0.4, 0.5) is 8.78 Å². The molecule has 0 spiro atoms. The highest BCUT2D eigenvalue weighted by Crippen LogP contribution is 2.38. The van der Waals surface area contributed by atoms with Gasteiger partial charge in [0.15, 0.2) is 0 Å². The zero-order valence-corrected chi connectivity index (χ0v) is 22.2. The number of carbonyl (C=O) groups is 1. The van der Waals surface area contributed by atoms with Crippen molar-refractivity contribution in [2.45, 2.75) is 94.5 Å². The Morgan fingerprint density at radius 1 is 1.16 bits per heavy atom. The molecule has 1 N–H and O–H groups in total. The predicted octanol–water partition coefficient (Wildman–Crippen LogP) is 4.88. The first-order valence-corrected chi connectivity index (χ1v) is 14.3. The van der Waals surface area contributed by atoms with Crippen molar-refractivity contribution in [3.63, 3.8) is 0 Å². The fourth-order valence-electron chi connectivity index (χ4n) is 5.05. The van der Waals surface area contributed by atoms with Gasteiger partial charge in [-0.3, -0.25) is 4.79 Å². The molecular weight excluding hydrogens is 500 g/mol. The lowest BCUT2D eigenvalue weighted by Crippen LogP contribution is -2.39. The summed E-state index contributed by atoms with van der Waals surface area (Å²) in [6.07, 6.45) is 6.07. The Labute approximate surface area is 215 Å². The van der Waals surface area contributed by atoms with Gasteiger partial charge in [-0.1, -0.05) is 20.8 Å². The summed E-state index contributed by atoms with van der Waals surface area (Å²) in [5.74, 6) is -2.04. The molecule has 8 nitrogen and oxygen atoms in total. The van der Waals surface area contributed by atoms with Crippen molar-refractivity contribution in [2.75, 3.05) is 0 Å². The number of benzene rings is 1. The van der Waals surface area contributed by atoms with Gasteiger partial charge in [-0.15, -0.1) is 0 Å². The Bertz CT molecular complexity index is 1420. The molecule has 37 heavy (non-hydrogen) atoms. The summed E-state index contributed by atoms with van der Waals surface area (Å²) < 4.78 is 56.9. The SMILES string of the molecule is CC(C)(C)c1nc2cc(S(=O)(=O)n3cc(C(=O)NC4CCC4)cn3)ccc2n1CC1CCC(F)(F)CC1. The van der Waals surface area contributed by atoms with E-state index in [1.54, 1.807) is 6.07 Å². The standard InChI is InChI=1S/C26H33F2N5O3S/c1-25(2,3)24-31-21-13-20(7-8-22(21)32(24)15-17-9-11-26(27,28)12-10-17)37(35,36)33-16-18(14-29-33)23(34)30-19-5-4-6-19/h7-8,13-14,16-17,19H,4-6,9-12,15H2,1-3H3,(H,30,34). The molecular formula is C26H33F2N5O3S. The molecule has 0 radical (unpaired) electrons. The van der Waals surface area contributed by atoms with Crippen LogP contribution < -0.4 is 5.32 Å². The molecule has 2 heterocycles. The first-order valence-electron chi connectivity index (χ1n) is 12.8. The summed E-state index contributed by atoms with van der Waals surface area (Å²) in [6.45, 7) is 6.63. The molecule has 0 saturated heterocycles. The van der Waals surface area contributed by atoms with Gasteiger partial charge in [-0.05, 0) is 56.2 Å². The summed E-state index contributed by atoms with van der Waals surface area (Å²) in [4.78, 5) is 17.2. The number of rotatable bonds is 6. The monoisotopic (exact) mass is 533 g/mol. The van der Waals surface area contributed by atoms with Crippen LogP contribution in [0.3, 0.4) is 0 Å². The normalized spacial score (nSPS) is 19.2. The third kappa shape index (κ3) is 5.15. The highest BCUT2D eigenvalue weighted by atomic mass is 32.2. The molecule has 2 aliphatic carbocycles. The molecule has 0 unspecified atom stereocenters. The maximum absolute atomic E-state index is 13.7. The average molecular weight is 534 g/mol. The second-order valence-corrected chi connectivity index (χ2v) is 13.2. The van der Waals surface area contributed by atoms with E-state index in [4.69, 9.17) is 4.98 Å². The molecule has 1 amide bonds. The van der Waals surface area contributed by atoms with E-state index >= 15 is 0 Å². The lowest BCUT2D eigenvalue weighted by Gasteiger charge is -2.30. The lowest BCUT2D eigenvalue weighted by atomic mass is 9.86. The molecule has 0 bridgehead atoms. The van der Waals surface area contributed by atoms with Gasteiger partial charge in [0.2, 0.25) is 5.92 Å². The minimum absolute atomic E-state index is 0.0106. The number of halogens is 2. The number of hydrogen-bond acceptors (Lipinski definition) is 5. The van der Waals surface area contributed by atoms with Crippen LogP contribution in [0.2, 0.25) is 0 Å². The first-order chi connectivity index (χ1) is 17.3. The molecule has 1 aromatic carbocycles. The van der Waals surface area contributed by atoms with Crippen molar-refractivity contribution in [1.29, 1.82) is 0 Å². The van der Waals surface area contributed by atoms with E-state index in [9.17, 15) is 22.0 Å². The first kappa shape index (κ1) is 25.8. The molecule has 5 rings (SSSR count). The molecule has 2 fully saturated rings. The van der Waals surface area contributed by atoms with Crippen LogP contribution in [0.25, 0.3) is 11.0 Å².